The van der Waals surface area contributed by atoms with E-state index in [-0.39, 0.29) is 0 Å². The molecule has 0 unspecified atom stereocenters. The second-order valence-corrected chi connectivity index (χ2v) is 2.22. The molecule has 42 valence electrons. The van der Waals surface area contributed by atoms with Gasteiger partial charge in [-0.25, -0.2) is 0 Å². The normalized spacial score (nSPS) is 18.9. The average molecular weight is 127 g/mol. The molecular weight excluding hydrogens is 121 g/mol. The molecule has 0 aromatic heterocycles. The minimum absolute atomic E-state index is 0.725. The summed E-state index contributed by atoms with van der Waals surface area (Å²) in [6.07, 6.45) is 7.06. The van der Waals surface area contributed by atoms with Crippen LogP contribution in [0.4, 0.5) is 0 Å². The number of hydrogen-bond donors (Lipinski definition) is 1. The zero-order valence-corrected chi connectivity index (χ0v) is 5.14. The fourth-order valence-electron chi connectivity index (χ4n) is 0.356. The Morgan fingerprint density at radius 2 is 2.38 bits per heavy atom. The monoisotopic (exact) mass is 127 g/mol. The highest BCUT2D eigenvalue weighted by atomic mass is 31.1. The van der Waals surface area contributed by atoms with Crippen molar-refractivity contribution in [3.05, 3.63) is 24.5 Å². The topological polar surface area (TPSA) is 35.2 Å². The molecule has 1 heterocycles. The minimum atomic E-state index is 0.725. The molecular formula is C5H6NOP. The largest absolute Gasteiger partial charge is 0.445 e. The van der Waals surface area contributed by atoms with Crippen LogP contribution < -0.4 is 5.73 Å². The fraction of sp³-hybridized carbons (Fsp3) is 0. The minimum Gasteiger partial charge on any atom is -0.445 e. The molecule has 1 rings (SSSR count). The molecule has 0 aliphatic carbocycles. The number of rotatable bonds is 0. The summed E-state index contributed by atoms with van der Waals surface area (Å²) in [4.78, 5) is 0. The van der Waals surface area contributed by atoms with Crippen molar-refractivity contribution in [2.45, 2.75) is 0 Å². The third-order valence-electron chi connectivity index (χ3n) is 0.676. The average Bonchev–Trinajstić information content (AvgIpc) is 1.94. The molecule has 0 atom stereocenters. The van der Waals surface area contributed by atoms with E-state index in [0.717, 1.165) is 13.8 Å². The summed E-state index contributed by atoms with van der Waals surface area (Å²) in [6.45, 7) is 0. The predicted octanol–water partition coefficient (Wildman–Crippen LogP) is 1.04. The van der Waals surface area contributed by atoms with Gasteiger partial charge in [0, 0.05) is 0 Å². The summed E-state index contributed by atoms with van der Waals surface area (Å²) in [5.41, 5.74) is 6.12. The number of allylic oxidation sites excluding steroid dienone is 2. The van der Waals surface area contributed by atoms with Crippen LogP contribution in [-0.2, 0) is 4.52 Å². The summed E-state index contributed by atoms with van der Waals surface area (Å²) in [7, 11) is 0.725. The first kappa shape index (κ1) is 5.54. The van der Waals surface area contributed by atoms with Crippen LogP contribution >= 0.6 is 8.43 Å². The molecule has 0 fully saturated rings. The first-order valence-electron chi connectivity index (χ1n) is 2.22. The highest BCUT2D eigenvalue weighted by Gasteiger charge is 1.83. The first-order chi connectivity index (χ1) is 3.89. The van der Waals surface area contributed by atoms with E-state index in [0.29, 0.717) is 0 Å². The van der Waals surface area contributed by atoms with Crippen molar-refractivity contribution in [3.8, 4) is 0 Å². The maximum absolute atomic E-state index is 5.39. The first-order valence-corrected chi connectivity index (χ1v) is 3.03. The van der Waals surface area contributed by atoms with Crippen molar-refractivity contribution >= 4 is 13.8 Å². The Kier molecular flexibility index (Phi) is 1.84. The lowest BCUT2D eigenvalue weighted by Crippen LogP contribution is -2.02. The van der Waals surface area contributed by atoms with Gasteiger partial charge in [-0.3, -0.25) is 5.73 Å². The van der Waals surface area contributed by atoms with Gasteiger partial charge >= 0.3 is 0 Å². The second kappa shape index (κ2) is 2.65. The van der Waals surface area contributed by atoms with Crippen molar-refractivity contribution in [2.24, 2.45) is 5.73 Å². The molecule has 0 saturated heterocycles. The van der Waals surface area contributed by atoms with E-state index in [1.54, 1.807) is 12.3 Å². The molecule has 1 aliphatic heterocycles. The third kappa shape index (κ3) is 1.49. The molecule has 1 aliphatic rings. The van der Waals surface area contributed by atoms with E-state index in [9.17, 15) is 0 Å². The Labute approximate surface area is 49.5 Å². The zero-order chi connectivity index (χ0) is 5.82. The lowest BCUT2D eigenvalue weighted by atomic mass is 10.5. The molecule has 0 aromatic carbocycles. The van der Waals surface area contributed by atoms with Gasteiger partial charge in [-0.2, -0.15) is 0 Å². The predicted molar refractivity (Wildman–Crippen MR) is 35.5 cm³/mol. The van der Waals surface area contributed by atoms with Gasteiger partial charge in [-0.15, -0.1) is 0 Å². The fourth-order valence-corrected chi connectivity index (χ4v) is 0.756. The molecule has 0 spiro atoms. The van der Waals surface area contributed by atoms with Crippen LogP contribution in [0.2, 0.25) is 0 Å². The van der Waals surface area contributed by atoms with E-state index >= 15 is 0 Å². The van der Waals surface area contributed by atoms with Crippen molar-refractivity contribution in [2.75, 3.05) is 0 Å². The highest BCUT2D eigenvalue weighted by molar-refractivity contribution is 7.35. The van der Waals surface area contributed by atoms with Crippen molar-refractivity contribution in [1.29, 1.82) is 0 Å². The number of hydrogen-bond acceptors (Lipinski definition) is 2. The molecule has 8 heavy (non-hydrogen) atoms. The summed E-state index contributed by atoms with van der Waals surface area (Å²) >= 11 is 0. The van der Waals surface area contributed by atoms with Crippen LogP contribution in [-0.4, -0.2) is 5.42 Å². The van der Waals surface area contributed by atoms with Crippen molar-refractivity contribution in [3.63, 3.8) is 0 Å². The van der Waals surface area contributed by atoms with Crippen LogP contribution in [0.15, 0.2) is 24.5 Å². The highest BCUT2D eigenvalue weighted by Crippen LogP contribution is 2.03. The third-order valence-corrected chi connectivity index (χ3v) is 1.26. The van der Waals surface area contributed by atoms with Gasteiger partial charge in [-0.05, 0) is 12.2 Å². The molecule has 2 N–H and O–H groups in total. The summed E-state index contributed by atoms with van der Waals surface area (Å²) in [5, 5.41) is 0. The summed E-state index contributed by atoms with van der Waals surface area (Å²) in [6, 6.07) is 0. The SMILES string of the molecule is NC1=POC=CC=C1. The Balaban J connectivity index is 2.69. The summed E-state index contributed by atoms with van der Waals surface area (Å²) < 4.78 is 4.87. The Morgan fingerprint density at radius 1 is 1.50 bits per heavy atom. The quantitative estimate of drug-likeness (QED) is 0.493. The number of nitrogens with two attached hydrogens (primary N) is 1. The maximum atomic E-state index is 5.39. The van der Waals surface area contributed by atoms with Gasteiger partial charge in [0.15, 0.2) is 0 Å². The standard InChI is InChI=1S/C5H6NOP/c6-5-3-1-2-4-7-8-5/h1-4H,6H2. The van der Waals surface area contributed by atoms with Gasteiger partial charge in [-0.1, -0.05) is 6.08 Å². The van der Waals surface area contributed by atoms with Crippen LogP contribution in [0.1, 0.15) is 0 Å². The van der Waals surface area contributed by atoms with Gasteiger partial charge in [0.1, 0.15) is 8.43 Å². The van der Waals surface area contributed by atoms with Crippen molar-refractivity contribution in [1.82, 2.24) is 0 Å². The lowest BCUT2D eigenvalue weighted by molar-refractivity contribution is 0.562. The smallest absolute Gasteiger partial charge is 0.143 e. The van der Waals surface area contributed by atoms with E-state index in [1.807, 2.05) is 12.2 Å². The summed E-state index contributed by atoms with van der Waals surface area (Å²) in [5.74, 6) is 0. The van der Waals surface area contributed by atoms with E-state index < -0.39 is 0 Å². The molecule has 2 nitrogen and oxygen atoms in total. The van der Waals surface area contributed by atoms with E-state index in [1.165, 1.54) is 0 Å². The Bertz CT molecular complexity index is 157. The molecule has 0 amide bonds. The molecule has 0 radical (unpaired) electrons. The lowest BCUT2D eigenvalue weighted by Gasteiger charge is -1.84. The van der Waals surface area contributed by atoms with Gasteiger partial charge in [0.2, 0.25) is 0 Å². The van der Waals surface area contributed by atoms with Gasteiger partial charge in [0.25, 0.3) is 0 Å². The van der Waals surface area contributed by atoms with Crippen LogP contribution in [0.5, 0.6) is 0 Å². The Hall–Kier alpha value is -0.590. The van der Waals surface area contributed by atoms with Crippen LogP contribution in [0.25, 0.3) is 0 Å². The second-order valence-electron chi connectivity index (χ2n) is 1.31. The van der Waals surface area contributed by atoms with Gasteiger partial charge in [0.05, 0.1) is 11.7 Å². The molecule has 0 saturated carbocycles. The van der Waals surface area contributed by atoms with Gasteiger partial charge < -0.3 is 4.52 Å². The van der Waals surface area contributed by atoms with E-state index in [4.69, 9.17) is 10.3 Å². The zero-order valence-electron chi connectivity index (χ0n) is 4.24. The molecule has 3 heteroatoms. The van der Waals surface area contributed by atoms with Crippen LogP contribution in [0, 0.1) is 0 Å². The van der Waals surface area contributed by atoms with Crippen molar-refractivity contribution < 1.29 is 4.52 Å². The molecule has 0 aromatic rings. The Morgan fingerprint density at radius 3 is 3.25 bits per heavy atom. The molecule has 0 bridgehead atoms. The van der Waals surface area contributed by atoms with Crippen LogP contribution in [0.3, 0.4) is 0 Å². The maximum Gasteiger partial charge on any atom is 0.143 e. The van der Waals surface area contributed by atoms with E-state index in [2.05, 4.69) is 0 Å².